The van der Waals surface area contributed by atoms with E-state index >= 15 is 0 Å². The largest absolute Gasteiger partial charge is 0.481 e. The molecular weight excluding hydrogens is 397 g/mol. The Morgan fingerprint density at radius 2 is 1.80 bits per heavy atom. The average Bonchev–Trinajstić information content (AvgIpc) is 2.72. The fourth-order valence-electron chi connectivity index (χ4n) is 3.82. The number of anilines is 5. The van der Waals surface area contributed by atoms with Gasteiger partial charge in [0.1, 0.15) is 5.75 Å². The topological polar surface area (TPSA) is 70.8 Å². The molecule has 0 saturated carbocycles. The summed E-state index contributed by atoms with van der Waals surface area (Å²) in [5.74, 6) is -0.784. The van der Waals surface area contributed by atoms with Crippen LogP contribution in [-0.2, 0) is 4.79 Å². The molecule has 2 aromatic carbocycles. The zero-order chi connectivity index (χ0) is 21.5. The summed E-state index contributed by atoms with van der Waals surface area (Å²) < 4.78 is 44.0. The van der Waals surface area contributed by atoms with Gasteiger partial charge in [0, 0.05) is 37.6 Å². The number of halogens is 3. The van der Waals surface area contributed by atoms with E-state index in [-0.39, 0.29) is 25.4 Å². The minimum absolute atomic E-state index is 0.0212. The van der Waals surface area contributed by atoms with Gasteiger partial charge in [0.25, 0.3) is 5.91 Å². The van der Waals surface area contributed by atoms with Crippen LogP contribution in [-0.4, -0.2) is 38.8 Å². The van der Waals surface area contributed by atoms with Gasteiger partial charge in [-0.3, -0.25) is 4.79 Å². The fourth-order valence-corrected chi connectivity index (χ4v) is 3.82. The van der Waals surface area contributed by atoms with Crippen molar-refractivity contribution in [1.29, 1.82) is 0 Å². The number of nitrogens with one attached hydrogen (secondary N) is 1. The summed E-state index contributed by atoms with van der Waals surface area (Å²) in [6.45, 7) is 0.753. The summed E-state index contributed by atoms with van der Waals surface area (Å²) in [4.78, 5) is 15.2. The van der Waals surface area contributed by atoms with E-state index in [1.165, 1.54) is 4.90 Å². The van der Waals surface area contributed by atoms with E-state index in [1.54, 1.807) is 19.2 Å². The number of hydrogen-bond acceptors (Lipinski definition) is 5. The number of fused-ring (bicyclic) bond motifs is 1. The van der Waals surface area contributed by atoms with Gasteiger partial charge in [0.15, 0.2) is 6.61 Å². The summed E-state index contributed by atoms with van der Waals surface area (Å²) in [6, 6.07) is 10.9. The van der Waals surface area contributed by atoms with Crippen LogP contribution >= 0.6 is 0 Å². The third kappa shape index (κ3) is 3.96. The minimum atomic E-state index is -4.11. The number of likely N-dealkylation sites (N-methyl/N-ethyl adjacent to an activating group) is 1. The van der Waals surface area contributed by atoms with Crippen LogP contribution in [0.4, 0.5) is 41.6 Å². The number of alkyl halides is 3. The third-order valence-corrected chi connectivity index (χ3v) is 5.69. The van der Waals surface area contributed by atoms with Crippen LogP contribution in [0.3, 0.4) is 0 Å². The molecule has 0 bridgehead atoms. The number of nitrogens with two attached hydrogens (primary N) is 1. The highest BCUT2D eigenvalue weighted by Gasteiger charge is 2.41. The molecule has 0 radical (unpaired) electrons. The first-order valence-electron chi connectivity index (χ1n) is 9.74. The number of nitrogens with zero attached hydrogens (tertiary/aromatic N) is 2. The Labute approximate surface area is 172 Å². The van der Waals surface area contributed by atoms with Crippen molar-refractivity contribution in [1.82, 2.24) is 0 Å². The van der Waals surface area contributed by atoms with Crippen LogP contribution in [0.1, 0.15) is 12.8 Å². The molecule has 9 heteroatoms. The predicted molar refractivity (Wildman–Crippen MR) is 110 cm³/mol. The first-order valence-corrected chi connectivity index (χ1v) is 9.74. The van der Waals surface area contributed by atoms with E-state index in [9.17, 15) is 18.0 Å². The Morgan fingerprint density at radius 1 is 1.13 bits per heavy atom. The number of amides is 1. The first-order chi connectivity index (χ1) is 14.2. The summed E-state index contributed by atoms with van der Waals surface area (Å²) in [7, 11) is 1.67. The van der Waals surface area contributed by atoms with E-state index in [0.717, 1.165) is 11.4 Å². The van der Waals surface area contributed by atoms with Gasteiger partial charge in [-0.1, -0.05) is 0 Å². The lowest BCUT2D eigenvalue weighted by Gasteiger charge is -2.34. The van der Waals surface area contributed by atoms with Crippen LogP contribution in [0, 0.1) is 5.92 Å². The summed E-state index contributed by atoms with van der Waals surface area (Å²) in [5.41, 5.74) is 9.55. The number of carbonyl (C=O) groups is 1. The molecule has 0 atom stereocenters. The Bertz CT molecular complexity index is 939. The number of piperidine rings is 1. The van der Waals surface area contributed by atoms with Gasteiger partial charge in [-0.05, 0) is 43.2 Å². The van der Waals surface area contributed by atoms with Gasteiger partial charge < -0.3 is 25.6 Å². The highest BCUT2D eigenvalue weighted by Crippen LogP contribution is 2.39. The molecule has 6 nitrogen and oxygen atoms in total. The van der Waals surface area contributed by atoms with Gasteiger partial charge in [-0.15, -0.1) is 0 Å². The number of nitrogen functional groups attached to an aromatic ring is 1. The zero-order valence-corrected chi connectivity index (χ0v) is 16.5. The van der Waals surface area contributed by atoms with Crippen molar-refractivity contribution in [2.24, 2.45) is 5.92 Å². The standard InChI is InChI=1S/C21H23F3N4O2/c1-27-18-10-16(25)17(11-19(18)30-12-20(27)29)26-14-2-4-15(5-3-14)28-8-6-13(7-9-28)21(22,23)24/h2-5,10-11,13,26H,6-9,12,25H2,1H3. The molecule has 1 amide bonds. The van der Waals surface area contributed by atoms with Gasteiger partial charge in [-0.25, -0.2) is 0 Å². The third-order valence-electron chi connectivity index (χ3n) is 5.69. The van der Waals surface area contributed by atoms with Crippen LogP contribution in [0.5, 0.6) is 5.75 Å². The van der Waals surface area contributed by atoms with Crippen molar-refractivity contribution < 1.29 is 22.7 Å². The van der Waals surface area contributed by atoms with Crippen molar-refractivity contribution in [3.63, 3.8) is 0 Å². The second kappa shape index (κ2) is 7.62. The Kier molecular flexibility index (Phi) is 5.13. The lowest BCUT2D eigenvalue weighted by atomic mass is 9.96. The fraction of sp³-hybridized carbons (Fsp3) is 0.381. The molecule has 0 aromatic heterocycles. The maximum Gasteiger partial charge on any atom is 0.391 e. The number of benzene rings is 2. The van der Waals surface area contributed by atoms with Crippen LogP contribution in [0.25, 0.3) is 0 Å². The average molecular weight is 420 g/mol. The summed E-state index contributed by atoms with van der Waals surface area (Å²) in [6.07, 6.45) is -3.88. The maximum atomic E-state index is 12.8. The first kappa shape index (κ1) is 20.2. The summed E-state index contributed by atoms with van der Waals surface area (Å²) in [5, 5.41) is 3.23. The summed E-state index contributed by atoms with van der Waals surface area (Å²) >= 11 is 0. The molecular formula is C21H23F3N4O2. The van der Waals surface area contributed by atoms with Crippen molar-refractivity contribution >= 4 is 34.3 Å². The Balaban J connectivity index is 1.44. The number of ether oxygens (including phenoxy) is 1. The molecule has 3 N–H and O–H groups in total. The predicted octanol–water partition coefficient (Wildman–Crippen LogP) is 4.15. The maximum absolute atomic E-state index is 12.8. The molecule has 1 saturated heterocycles. The van der Waals surface area contributed by atoms with Crippen LogP contribution in [0.15, 0.2) is 36.4 Å². The van der Waals surface area contributed by atoms with Crippen molar-refractivity contribution in [3.05, 3.63) is 36.4 Å². The smallest absolute Gasteiger partial charge is 0.391 e. The minimum Gasteiger partial charge on any atom is -0.481 e. The van der Waals surface area contributed by atoms with E-state index in [0.29, 0.717) is 35.9 Å². The SMILES string of the molecule is CN1C(=O)COc2cc(Nc3ccc(N4CCC(C(F)(F)F)CC4)cc3)c(N)cc21. The van der Waals surface area contributed by atoms with Gasteiger partial charge >= 0.3 is 6.18 Å². The molecule has 2 aromatic rings. The van der Waals surface area contributed by atoms with Crippen molar-refractivity contribution in [2.45, 2.75) is 19.0 Å². The molecule has 2 aliphatic heterocycles. The monoisotopic (exact) mass is 420 g/mol. The second-order valence-corrected chi connectivity index (χ2v) is 7.62. The van der Waals surface area contributed by atoms with E-state index in [2.05, 4.69) is 5.32 Å². The number of hydrogen-bond donors (Lipinski definition) is 2. The van der Waals surface area contributed by atoms with Crippen molar-refractivity contribution in [2.75, 3.05) is 47.6 Å². The van der Waals surface area contributed by atoms with Gasteiger partial charge in [-0.2, -0.15) is 13.2 Å². The zero-order valence-electron chi connectivity index (χ0n) is 16.5. The molecule has 4 rings (SSSR count). The Hall–Kier alpha value is -3.10. The molecule has 1 fully saturated rings. The van der Waals surface area contributed by atoms with Crippen LogP contribution < -0.4 is 25.6 Å². The normalized spacial score (nSPS) is 17.5. The number of rotatable bonds is 3. The van der Waals surface area contributed by atoms with E-state index < -0.39 is 12.1 Å². The van der Waals surface area contributed by atoms with E-state index in [4.69, 9.17) is 10.5 Å². The second-order valence-electron chi connectivity index (χ2n) is 7.62. The molecule has 30 heavy (non-hydrogen) atoms. The van der Waals surface area contributed by atoms with Crippen molar-refractivity contribution in [3.8, 4) is 5.75 Å². The van der Waals surface area contributed by atoms with Gasteiger partial charge in [0.2, 0.25) is 0 Å². The Morgan fingerprint density at radius 3 is 2.43 bits per heavy atom. The molecule has 2 heterocycles. The lowest BCUT2D eigenvalue weighted by Crippen LogP contribution is -2.38. The van der Waals surface area contributed by atoms with Gasteiger partial charge in [0.05, 0.1) is 23.0 Å². The van der Waals surface area contributed by atoms with Crippen LogP contribution in [0.2, 0.25) is 0 Å². The molecule has 0 aliphatic carbocycles. The molecule has 0 unspecified atom stereocenters. The lowest BCUT2D eigenvalue weighted by molar-refractivity contribution is -0.179. The number of carbonyl (C=O) groups excluding carboxylic acids is 1. The highest BCUT2D eigenvalue weighted by atomic mass is 19.4. The highest BCUT2D eigenvalue weighted by molar-refractivity contribution is 5.99. The molecule has 2 aliphatic rings. The molecule has 0 spiro atoms. The molecule has 160 valence electrons. The quantitative estimate of drug-likeness (QED) is 0.731. The van der Waals surface area contributed by atoms with E-state index in [1.807, 2.05) is 29.2 Å².